The lowest BCUT2D eigenvalue weighted by Gasteiger charge is -2.02. The molecule has 0 saturated heterocycles. The van der Waals surface area contributed by atoms with Crippen molar-refractivity contribution < 1.29 is 9.13 Å². The average molecular weight is 259 g/mol. The fourth-order valence-corrected chi connectivity index (χ4v) is 1.33. The molecule has 0 aliphatic heterocycles. The molecule has 0 spiro atoms. The topological polar surface area (TPSA) is 9.23 Å². The van der Waals surface area contributed by atoms with Crippen molar-refractivity contribution >= 4 is 22.0 Å². The summed E-state index contributed by atoms with van der Waals surface area (Å²) in [7, 11) is 1.46. The molecule has 0 saturated carbocycles. The van der Waals surface area contributed by atoms with Crippen LogP contribution in [0.15, 0.2) is 24.3 Å². The summed E-state index contributed by atoms with van der Waals surface area (Å²) in [6.07, 6.45) is 4.93. The Hall–Kier alpha value is -0.830. The fourth-order valence-electron chi connectivity index (χ4n) is 1.06. The molecule has 1 aromatic rings. The first kappa shape index (κ1) is 11.2. The third kappa shape index (κ3) is 3.14. The molecule has 0 amide bonds. The number of alkyl halides is 1. The zero-order chi connectivity index (χ0) is 10.4. The fraction of sp³-hybridized carbons (Fsp3) is 0.273. The van der Waals surface area contributed by atoms with E-state index in [0.717, 1.165) is 17.3 Å². The molecule has 1 rings (SSSR count). The Kier molecular flexibility index (Phi) is 4.66. The van der Waals surface area contributed by atoms with Crippen molar-refractivity contribution in [3.8, 4) is 5.75 Å². The van der Waals surface area contributed by atoms with E-state index in [9.17, 15) is 4.39 Å². The summed E-state index contributed by atoms with van der Waals surface area (Å²) >= 11 is 3.33. The standard InChI is InChI=1S/C11H12BrFO/c1-14-11-8-9(4-2-3-7-12)5-6-10(11)13/h2,4-6,8H,3,7H2,1H3. The molecule has 0 bridgehead atoms. The molecule has 3 heteroatoms. The highest BCUT2D eigenvalue weighted by molar-refractivity contribution is 9.09. The van der Waals surface area contributed by atoms with E-state index in [1.54, 1.807) is 12.1 Å². The van der Waals surface area contributed by atoms with Gasteiger partial charge in [0.1, 0.15) is 0 Å². The van der Waals surface area contributed by atoms with Gasteiger partial charge in [0.05, 0.1) is 7.11 Å². The van der Waals surface area contributed by atoms with Gasteiger partial charge in [-0.3, -0.25) is 0 Å². The summed E-state index contributed by atoms with van der Waals surface area (Å²) in [5, 5.41) is 0.932. The average Bonchev–Trinajstić information content (AvgIpc) is 2.21. The van der Waals surface area contributed by atoms with Crippen molar-refractivity contribution in [2.45, 2.75) is 6.42 Å². The summed E-state index contributed by atoms with van der Waals surface area (Å²) in [5.41, 5.74) is 0.948. The second kappa shape index (κ2) is 5.81. The molecule has 14 heavy (non-hydrogen) atoms. The molecule has 1 aromatic carbocycles. The normalized spacial score (nSPS) is 10.8. The molecule has 0 heterocycles. The van der Waals surface area contributed by atoms with Crippen LogP contribution in [0.4, 0.5) is 4.39 Å². The van der Waals surface area contributed by atoms with E-state index in [1.165, 1.54) is 13.2 Å². The van der Waals surface area contributed by atoms with E-state index in [2.05, 4.69) is 15.9 Å². The van der Waals surface area contributed by atoms with Gasteiger partial charge in [0.15, 0.2) is 11.6 Å². The Bertz CT molecular complexity index is 323. The maximum absolute atomic E-state index is 13.0. The van der Waals surface area contributed by atoms with Crippen LogP contribution in [0.5, 0.6) is 5.75 Å². The van der Waals surface area contributed by atoms with Gasteiger partial charge < -0.3 is 4.74 Å². The smallest absolute Gasteiger partial charge is 0.165 e. The van der Waals surface area contributed by atoms with Crippen molar-refractivity contribution in [1.29, 1.82) is 0 Å². The minimum atomic E-state index is -0.329. The van der Waals surface area contributed by atoms with E-state index in [0.29, 0.717) is 0 Å². The summed E-state index contributed by atoms with van der Waals surface area (Å²) in [5.74, 6) is -0.0452. The highest BCUT2D eigenvalue weighted by Gasteiger charge is 2.00. The van der Waals surface area contributed by atoms with Crippen molar-refractivity contribution in [3.63, 3.8) is 0 Å². The Balaban J connectivity index is 2.79. The van der Waals surface area contributed by atoms with Crippen molar-refractivity contribution in [2.24, 2.45) is 0 Å². The Morgan fingerprint density at radius 2 is 2.29 bits per heavy atom. The number of methoxy groups -OCH3 is 1. The highest BCUT2D eigenvalue weighted by Crippen LogP contribution is 2.19. The third-order valence-corrected chi connectivity index (χ3v) is 2.22. The maximum atomic E-state index is 13.0. The van der Waals surface area contributed by atoms with Crippen LogP contribution in [0.3, 0.4) is 0 Å². The van der Waals surface area contributed by atoms with Gasteiger partial charge in [0.25, 0.3) is 0 Å². The summed E-state index contributed by atoms with van der Waals surface area (Å²) in [6, 6.07) is 4.81. The largest absolute Gasteiger partial charge is 0.494 e. The van der Waals surface area contributed by atoms with E-state index >= 15 is 0 Å². The van der Waals surface area contributed by atoms with Crippen LogP contribution in [-0.4, -0.2) is 12.4 Å². The molecule has 1 nitrogen and oxygen atoms in total. The van der Waals surface area contributed by atoms with Crippen LogP contribution in [0, 0.1) is 5.82 Å². The van der Waals surface area contributed by atoms with E-state index in [4.69, 9.17) is 4.74 Å². The van der Waals surface area contributed by atoms with Gasteiger partial charge in [-0.15, -0.1) is 0 Å². The van der Waals surface area contributed by atoms with Crippen LogP contribution in [0.1, 0.15) is 12.0 Å². The van der Waals surface area contributed by atoms with Crippen molar-refractivity contribution in [3.05, 3.63) is 35.7 Å². The minimum absolute atomic E-state index is 0.283. The van der Waals surface area contributed by atoms with Gasteiger partial charge in [-0.05, 0) is 24.1 Å². The number of benzene rings is 1. The quantitative estimate of drug-likeness (QED) is 0.750. The monoisotopic (exact) mass is 258 g/mol. The van der Waals surface area contributed by atoms with Crippen LogP contribution >= 0.6 is 15.9 Å². The Morgan fingerprint density at radius 3 is 2.93 bits per heavy atom. The molecule has 0 unspecified atom stereocenters. The molecule has 76 valence electrons. The van der Waals surface area contributed by atoms with Crippen LogP contribution in [0.25, 0.3) is 6.08 Å². The lowest BCUT2D eigenvalue weighted by Crippen LogP contribution is -1.87. The molecule has 0 aliphatic rings. The molecule has 0 fully saturated rings. The molecule has 0 N–H and O–H groups in total. The maximum Gasteiger partial charge on any atom is 0.165 e. The first-order chi connectivity index (χ1) is 6.77. The molecule has 0 aliphatic carbocycles. The first-order valence-corrected chi connectivity index (χ1v) is 5.46. The number of hydrogen-bond acceptors (Lipinski definition) is 1. The number of hydrogen-bond donors (Lipinski definition) is 0. The van der Waals surface area contributed by atoms with Gasteiger partial charge in [0, 0.05) is 5.33 Å². The van der Waals surface area contributed by atoms with Crippen LogP contribution < -0.4 is 4.74 Å². The lowest BCUT2D eigenvalue weighted by molar-refractivity contribution is 0.386. The molecule has 0 radical (unpaired) electrons. The van der Waals surface area contributed by atoms with E-state index in [1.807, 2.05) is 12.2 Å². The van der Waals surface area contributed by atoms with Gasteiger partial charge in [-0.25, -0.2) is 4.39 Å². The van der Waals surface area contributed by atoms with Crippen molar-refractivity contribution in [2.75, 3.05) is 12.4 Å². The summed E-state index contributed by atoms with van der Waals surface area (Å²) < 4.78 is 17.9. The number of rotatable bonds is 4. The van der Waals surface area contributed by atoms with Crippen LogP contribution in [0.2, 0.25) is 0 Å². The molecular formula is C11H12BrFO. The predicted molar refractivity (Wildman–Crippen MR) is 60.4 cm³/mol. The summed E-state index contributed by atoms with van der Waals surface area (Å²) in [6.45, 7) is 0. The Morgan fingerprint density at radius 1 is 1.50 bits per heavy atom. The van der Waals surface area contributed by atoms with Gasteiger partial charge in [0.2, 0.25) is 0 Å². The molecule has 0 aromatic heterocycles. The lowest BCUT2D eigenvalue weighted by atomic mass is 10.2. The first-order valence-electron chi connectivity index (χ1n) is 4.34. The second-order valence-corrected chi connectivity index (χ2v) is 3.57. The zero-order valence-electron chi connectivity index (χ0n) is 7.97. The summed E-state index contributed by atoms with van der Waals surface area (Å²) in [4.78, 5) is 0. The van der Waals surface area contributed by atoms with Gasteiger partial charge in [-0.1, -0.05) is 34.1 Å². The predicted octanol–water partition coefficient (Wildman–Crippen LogP) is 3.63. The van der Waals surface area contributed by atoms with Crippen molar-refractivity contribution in [1.82, 2.24) is 0 Å². The van der Waals surface area contributed by atoms with E-state index in [-0.39, 0.29) is 11.6 Å². The van der Waals surface area contributed by atoms with Crippen LogP contribution in [-0.2, 0) is 0 Å². The number of ether oxygens (including phenoxy) is 1. The third-order valence-electron chi connectivity index (χ3n) is 1.76. The number of allylic oxidation sites excluding steroid dienone is 1. The second-order valence-electron chi connectivity index (χ2n) is 2.77. The van der Waals surface area contributed by atoms with Gasteiger partial charge >= 0.3 is 0 Å². The minimum Gasteiger partial charge on any atom is -0.494 e. The molecular weight excluding hydrogens is 247 g/mol. The number of halogens is 2. The van der Waals surface area contributed by atoms with E-state index < -0.39 is 0 Å². The highest BCUT2D eigenvalue weighted by atomic mass is 79.9. The molecule has 0 atom stereocenters. The zero-order valence-corrected chi connectivity index (χ0v) is 9.55. The Labute approximate surface area is 91.7 Å². The van der Waals surface area contributed by atoms with Gasteiger partial charge in [-0.2, -0.15) is 0 Å². The SMILES string of the molecule is COc1cc(C=CCCBr)ccc1F.